The fraction of sp³-hybridized carbons (Fsp3) is 0.263. The van der Waals surface area contributed by atoms with Crippen molar-refractivity contribution in [1.82, 2.24) is 9.78 Å². The Balaban J connectivity index is 1.51. The number of aromatic nitrogens is 2. The first-order valence-corrected chi connectivity index (χ1v) is 8.23. The van der Waals surface area contributed by atoms with Crippen molar-refractivity contribution in [2.24, 2.45) is 5.92 Å². The average Bonchev–Trinajstić information content (AvgIpc) is 3.07. The van der Waals surface area contributed by atoms with Crippen molar-refractivity contribution in [3.63, 3.8) is 0 Å². The second kappa shape index (κ2) is 6.45. The molecule has 24 heavy (non-hydrogen) atoms. The van der Waals surface area contributed by atoms with Gasteiger partial charge in [-0.3, -0.25) is 4.79 Å². The molecule has 1 fully saturated rings. The van der Waals surface area contributed by atoms with Crippen LogP contribution in [0.2, 0.25) is 0 Å². The van der Waals surface area contributed by atoms with Gasteiger partial charge in [0.25, 0.3) is 0 Å². The van der Waals surface area contributed by atoms with E-state index < -0.39 is 0 Å². The highest BCUT2D eigenvalue weighted by Crippen LogP contribution is 2.21. The highest BCUT2D eigenvalue weighted by atomic mass is 16.5. The topological polar surface area (TPSA) is 56.2 Å². The Bertz CT molecular complexity index is 848. The molecule has 5 nitrogen and oxygen atoms in total. The molecule has 0 unspecified atom stereocenters. The van der Waals surface area contributed by atoms with E-state index in [0.717, 1.165) is 35.1 Å². The van der Waals surface area contributed by atoms with Gasteiger partial charge in [0.15, 0.2) is 0 Å². The molecule has 0 bridgehead atoms. The molecule has 2 heterocycles. The molecule has 1 aromatic heterocycles. The maximum absolute atomic E-state index is 12.3. The lowest BCUT2D eigenvalue weighted by atomic mass is 9.99. The SMILES string of the molecule is O=C(Nc1ccc(-n2ncc3ccccc32)cc1)C1CCOCC1. The predicted octanol–water partition coefficient (Wildman–Crippen LogP) is 3.39. The first kappa shape index (κ1) is 14.9. The van der Waals surface area contributed by atoms with Crippen LogP contribution in [0.15, 0.2) is 54.7 Å². The molecule has 1 aliphatic rings. The molecular formula is C19H19N3O2. The third-order valence-corrected chi connectivity index (χ3v) is 4.45. The summed E-state index contributed by atoms with van der Waals surface area (Å²) in [6, 6.07) is 15.9. The molecule has 1 amide bonds. The molecule has 0 saturated carbocycles. The molecule has 5 heteroatoms. The van der Waals surface area contributed by atoms with E-state index in [1.54, 1.807) is 0 Å². The van der Waals surface area contributed by atoms with Crippen molar-refractivity contribution in [2.45, 2.75) is 12.8 Å². The molecule has 0 spiro atoms. The Kier molecular flexibility index (Phi) is 4.01. The van der Waals surface area contributed by atoms with Crippen LogP contribution < -0.4 is 5.32 Å². The molecule has 2 aromatic carbocycles. The lowest BCUT2D eigenvalue weighted by Gasteiger charge is -2.21. The maximum atomic E-state index is 12.3. The number of para-hydroxylation sites is 1. The molecule has 1 N–H and O–H groups in total. The van der Waals surface area contributed by atoms with Gasteiger partial charge < -0.3 is 10.1 Å². The summed E-state index contributed by atoms with van der Waals surface area (Å²) < 4.78 is 7.20. The minimum absolute atomic E-state index is 0.0495. The molecule has 0 aliphatic carbocycles. The van der Waals surface area contributed by atoms with Gasteiger partial charge in [0.2, 0.25) is 5.91 Å². The number of fused-ring (bicyclic) bond motifs is 1. The number of nitrogens with one attached hydrogen (secondary N) is 1. The summed E-state index contributed by atoms with van der Waals surface area (Å²) in [7, 11) is 0. The van der Waals surface area contributed by atoms with E-state index >= 15 is 0 Å². The minimum Gasteiger partial charge on any atom is -0.381 e. The first-order chi connectivity index (χ1) is 11.8. The van der Waals surface area contributed by atoms with Crippen LogP contribution in [-0.4, -0.2) is 28.9 Å². The quantitative estimate of drug-likeness (QED) is 0.804. The molecule has 4 rings (SSSR count). The summed E-state index contributed by atoms with van der Waals surface area (Å²) in [4.78, 5) is 12.3. The van der Waals surface area contributed by atoms with E-state index in [-0.39, 0.29) is 11.8 Å². The summed E-state index contributed by atoms with van der Waals surface area (Å²) in [6.07, 6.45) is 3.45. The number of carbonyl (C=O) groups is 1. The second-order valence-electron chi connectivity index (χ2n) is 6.04. The first-order valence-electron chi connectivity index (χ1n) is 8.23. The van der Waals surface area contributed by atoms with Gasteiger partial charge in [0.05, 0.1) is 17.4 Å². The van der Waals surface area contributed by atoms with Crippen LogP contribution in [0.5, 0.6) is 0 Å². The Morgan fingerprint density at radius 1 is 1.08 bits per heavy atom. The van der Waals surface area contributed by atoms with Gasteiger partial charge in [0.1, 0.15) is 0 Å². The van der Waals surface area contributed by atoms with Crippen molar-refractivity contribution in [2.75, 3.05) is 18.5 Å². The maximum Gasteiger partial charge on any atom is 0.227 e. The summed E-state index contributed by atoms with van der Waals surface area (Å²) >= 11 is 0. The molecule has 1 aliphatic heterocycles. The Morgan fingerprint density at radius 2 is 1.83 bits per heavy atom. The van der Waals surface area contributed by atoms with Crippen LogP contribution in [0.25, 0.3) is 16.6 Å². The molecule has 122 valence electrons. The van der Waals surface area contributed by atoms with E-state index in [9.17, 15) is 4.79 Å². The zero-order chi connectivity index (χ0) is 16.4. The lowest BCUT2D eigenvalue weighted by molar-refractivity contribution is -0.122. The van der Waals surface area contributed by atoms with Gasteiger partial charge in [-0.05, 0) is 43.2 Å². The third kappa shape index (κ3) is 2.90. The standard InChI is InChI=1S/C19H19N3O2/c23-19(14-9-11-24-12-10-14)21-16-5-7-17(8-6-16)22-18-4-2-1-3-15(18)13-20-22/h1-8,13-14H,9-12H2,(H,21,23). The predicted molar refractivity (Wildman–Crippen MR) is 93.2 cm³/mol. The van der Waals surface area contributed by atoms with Gasteiger partial charge in [-0.25, -0.2) is 4.68 Å². The average molecular weight is 321 g/mol. The van der Waals surface area contributed by atoms with Crippen LogP contribution in [0.1, 0.15) is 12.8 Å². The van der Waals surface area contributed by atoms with Gasteiger partial charge in [-0.2, -0.15) is 5.10 Å². The van der Waals surface area contributed by atoms with Crippen molar-refractivity contribution in [3.8, 4) is 5.69 Å². The monoisotopic (exact) mass is 321 g/mol. The van der Waals surface area contributed by atoms with Crippen LogP contribution in [0, 0.1) is 5.92 Å². The van der Waals surface area contributed by atoms with E-state index in [1.165, 1.54) is 0 Å². The minimum atomic E-state index is 0.0495. The number of hydrogen-bond donors (Lipinski definition) is 1. The number of hydrogen-bond acceptors (Lipinski definition) is 3. The fourth-order valence-electron chi connectivity index (χ4n) is 3.07. The highest BCUT2D eigenvalue weighted by Gasteiger charge is 2.21. The van der Waals surface area contributed by atoms with E-state index in [0.29, 0.717) is 13.2 Å². The van der Waals surface area contributed by atoms with Gasteiger partial charge >= 0.3 is 0 Å². The zero-order valence-corrected chi connectivity index (χ0v) is 13.3. The fourth-order valence-corrected chi connectivity index (χ4v) is 3.07. The normalized spacial score (nSPS) is 15.5. The number of amides is 1. The number of nitrogens with zero attached hydrogens (tertiary/aromatic N) is 2. The van der Waals surface area contributed by atoms with Crippen molar-refractivity contribution in [3.05, 3.63) is 54.7 Å². The third-order valence-electron chi connectivity index (χ3n) is 4.45. The largest absolute Gasteiger partial charge is 0.381 e. The lowest BCUT2D eigenvalue weighted by Crippen LogP contribution is -2.28. The van der Waals surface area contributed by atoms with Crippen LogP contribution in [-0.2, 0) is 9.53 Å². The Hall–Kier alpha value is -2.66. The molecular weight excluding hydrogens is 302 g/mol. The number of ether oxygens (including phenoxy) is 1. The van der Waals surface area contributed by atoms with E-state index in [4.69, 9.17) is 4.74 Å². The smallest absolute Gasteiger partial charge is 0.227 e. The summed E-state index contributed by atoms with van der Waals surface area (Å²) in [5.41, 5.74) is 2.85. The molecule has 0 radical (unpaired) electrons. The van der Waals surface area contributed by atoms with Gasteiger partial charge in [0, 0.05) is 30.2 Å². The summed E-state index contributed by atoms with van der Waals surface area (Å²) in [5, 5.41) is 8.55. The van der Waals surface area contributed by atoms with Crippen molar-refractivity contribution >= 4 is 22.5 Å². The van der Waals surface area contributed by atoms with E-state index in [1.807, 2.05) is 59.4 Å². The molecule has 0 atom stereocenters. The van der Waals surface area contributed by atoms with Crippen molar-refractivity contribution < 1.29 is 9.53 Å². The zero-order valence-electron chi connectivity index (χ0n) is 13.3. The summed E-state index contributed by atoms with van der Waals surface area (Å²) in [6.45, 7) is 1.34. The van der Waals surface area contributed by atoms with E-state index in [2.05, 4.69) is 10.4 Å². The van der Waals surface area contributed by atoms with Crippen molar-refractivity contribution in [1.29, 1.82) is 0 Å². The van der Waals surface area contributed by atoms with Crippen LogP contribution in [0.3, 0.4) is 0 Å². The number of rotatable bonds is 3. The Labute approximate surface area is 140 Å². The molecule has 3 aromatic rings. The van der Waals surface area contributed by atoms with Crippen LogP contribution >= 0.6 is 0 Å². The number of carbonyl (C=O) groups excluding carboxylic acids is 1. The number of anilines is 1. The van der Waals surface area contributed by atoms with Gasteiger partial charge in [-0.15, -0.1) is 0 Å². The highest BCUT2D eigenvalue weighted by molar-refractivity contribution is 5.92. The Morgan fingerprint density at radius 3 is 2.62 bits per heavy atom. The number of benzene rings is 2. The second-order valence-corrected chi connectivity index (χ2v) is 6.04. The summed E-state index contributed by atoms with van der Waals surface area (Å²) in [5.74, 6) is 0.129. The van der Waals surface area contributed by atoms with Gasteiger partial charge in [-0.1, -0.05) is 18.2 Å². The molecule has 1 saturated heterocycles. The van der Waals surface area contributed by atoms with Crippen LogP contribution in [0.4, 0.5) is 5.69 Å².